The van der Waals surface area contributed by atoms with Crippen LogP contribution in [0.1, 0.15) is 17.5 Å². The molecule has 1 atom stereocenters. The zero-order valence-electron chi connectivity index (χ0n) is 15.2. The molecule has 7 heteroatoms. The predicted molar refractivity (Wildman–Crippen MR) is 107 cm³/mol. The first kappa shape index (κ1) is 19.0. The molecule has 140 valence electrons. The fourth-order valence-corrected chi connectivity index (χ4v) is 3.95. The van der Waals surface area contributed by atoms with Gasteiger partial charge in [-0.25, -0.2) is 0 Å². The minimum Gasteiger partial charge on any atom is -0.347 e. The van der Waals surface area contributed by atoms with Crippen molar-refractivity contribution in [1.29, 1.82) is 0 Å². The Labute approximate surface area is 162 Å². The monoisotopic (exact) mass is 383 g/mol. The van der Waals surface area contributed by atoms with Gasteiger partial charge in [-0.05, 0) is 37.1 Å². The topological polar surface area (TPSA) is 87.3 Å². The molecule has 2 aromatic carbocycles. The molecule has 1 unspecified atom stereocenters. The van der Waals surface area contributed by atoms with Crippen molar-refractivity contribution < 1.29 is 14.4 Å². The number of aryl methyl sites for hydroxylation is 2. The Morgan fingerprint density at radius 1 is 1.04 bits per heavy atom. The number of hydrogen-bond acceptors (Lipinski definition) is 4. The van der Waals surface area contributed by atoms with Crippen LogP contribution in [0.15, 0.2) is 47.4 Å². The van der Waals surface area contributed by atoms with Crippen LogP contribution in [-0.4, -0.2) is 29.5 Å². The van der Waals surface area contributed by atoms with Crippen LogP contribution >= 0.6 is 11.8 Å². The Balaban J connectivity index is 1.51. The molecule has 3 N–H and O–H groups in total. The molecule has 1 heterocycles. The molecule has 0 saturated carbocycles. The summed E-state index contributed by atoms with van der Waals surface area (Å²) in [6.07, 6.45) is 0.0154. The number of benzene rings is 2. The zero-order chi connectivity index (χ0) is 19.4. The van der Waals surface area contributed by atoms with Crippen molar-refractivity contribution in [2.45, 2.75) is 30.4 Å². The lowest BCUT2D eigenvalue weighted by molar-refractivity contribution is -0.125. The van der Waals surface area contributed by atoms with Gasteiger partial charge >= 0.3 is 0 Å². The molecule has 0 bridgehead atoms. The number of rotatable bonds is 5. The highest BCUT2D eigenvalue weighted by Gasteiger charge is 2.28. The van der Waals surface area contributed by atoms with E-state index in [1.54, 1.807) is 0 Å². The first-order valence-electron chi connectivity index (χ1n) is 8.63. The molecule has 0 radical (unpaired) electrons. The van der Waals surface area contributed by atoms with E-state index in [1.807, 2.05) is 56.3 Å². The molecule has 1 aliphatic rings. The zero-order valence-corrected chi connectivity index (χ0v) is 16.0. The van der Waals surface area contributed by atoms with Gasteiger partial charge in [-0.3, -0.25) is 14.4 Å². The highest BCUT2D eigenvalue weighted by molar-refractivity contribution is 8.01. The molecule has 1 aliphatic heterocycles. The van der Waals surface area contributed by atoms with Crippen LogP contribution in [0.3, 0.4) is 0 Å². The van der Waals surface area contributed by atoms with Crippen molar-refractivity contribution in [3.8, 4) is 0 Å². The van der Waals surface area contributed by atoms with Gasteiger partial charge in [0, 0.05) is 17.0 Å². The van der Waals surface area contributed by atoms with Gasteiger partial charge in [-0.15, -0.1) is 11.8 Å². The summed E-state index contributed by atoms with van der Waals surface area (Å²) >= 11 is 1.36. The van der Waals surface area contributed by atoms with E-state index in [0.717, 1.165) is 27.4 Å². The molecule has 0 aliphatic carbocycles. The van der Waals surface area contributed by atoms with Crippen LogP contribution in [0.2, 0.25) is 0 Å². The molecule has 0 fully saturated rings. The third-order valence-electron chi connectivity index (χ3n) is 4.27. The number of para-hydroxylation sites is 2. The van der Waals surface area contributed by atoms with Crippen LogP contribution in [0, 0.1) is 13.8 Å². The molecule has 27 heavy (non-hydrogen) atoms. The summed E-state index contributed by atoms with van der Waals surface area (Å²) in [6.45, 7) is 3.69. The van der Waals surface area contributed by atoms with Gasteiger partial charge in [0.05, 0.1) is 17.5 Å². The lowest BCUT2D eigenvalue weighted by atomic mass is 10.1. The molecular weight excluding hydrogens is 362 g/mol. The lowest BCUT2D eigenvalue weighted by Gasteiger charge is -2.23. The summed E-state index contributed by atoms with van der Waals surface area (Å²) in [5, 5.41) is 7.70. The predicted octanol–water partition coefficient (Wildman–Crippen LogP) is 2.86. The van der Waals surface area contributed by atoms with Gasteiger partial charge in [-0.1, -0.05) is 30.3 Å². The first-order chi connectivity index (χ1) is 12.9. The largest absolute Gasteiger partial charge is 0.347 e. The van der Waals surface area contributed by atoms with Crippen molar-refractivity contribution in [1.82, 2.24) is 5.32 Å². The summed E-state index contributed by atoms with van der Waals surface area (Å²) in [7, 11) is 0. The van der Waals surface area contributed by atoms with Gasteiger partial charge in [0.15, 0.2) is 0 Å². The SMILES string of the molecule is Cc1cccc(C)c1NC(=O)CNC(=O)CC1Sc2ccccc2NC1=O. The van der Waals surface area contributed by atoms with Crippen LogP contribution < -0.4 is 16.0 Å². The molecule has 3 rings (SSSR count). The highest BCUT2D eigenvalue weighted by atomic mass is 32.2. The van der Waals surface area contributed by atoms with Gasteiger partial charge in [0.25, 0.3) is 0 Å². The fourth-order valence-electron chi connectivity index (χ4n) is 2.84. The van der Waals surface area contributed by atoms with E-state index in [0.29, 0.717) is 0 Å². The number of anilines is 2. The maximum absolute atomic E-state index is 12.2. The Bertz CT molecular complexity index is 878. The molecule has 0 spiro atoms. The van der Waals surface area contributed by atoms with Crippen LogP contribution in [0.25, 0.3) is 0 Å². The van der Waals surface area contributed by atoms with Crippen molar-refractivity contribution in [2.24, 2.45) is 0 Å². The van der Waals surface area contributed by atoms with Crippen molar-refractivity contribution in [3.63, 3.8) is 0 Å². The number of thioether (sulfide) groups is 1. The number of fused-ring (bicyclic) bond motifs is 1. The van der Waals surface area contributed by atoms with Crippen LogP contribution in [0.5, 0.6) is 0 Å². The summed E-state index contributed by atoms with van der Waals surface area (Å²) < 4.78 is 0. The van der Waals surface area contributed by atoms with Gasteiger partial charge < -0.3 is 16.0 Å². The average molecular weight is 383 g/mol. The summed E-state index contributed by atoms with van der Waals surface area (Å²) in [4.78, 5) is 37.4. The standard InChI is InChI=1S/C20H21N3O3S/c1-12-6-5-7-13(2)19(12)23-18(25)11-21-17(24)10-16-20(26)22-14-8-3-4-9-15(14)27-16/h3-9,16H,10-11H2,1-2H3,(H,21,24)(H,22,26)(H,23,25). The minimum atomic E-state index is -0.512. The van der Waals surface area contributed by atoms with Gasteiger partial charge in [0.2, 0.25) is 17.7 Å². The van der Waals surface area contributed by atoms with Crippen molar-refractivity contribution in [3.05, 3.63) is 53.6 Å². The Morgan fingerprint density at radius 2 is 1.74 bits per heavy atom. The highest BCUT2D eigenvalue weighted by Crippen LogP contribution is 2.36. The number of nitrogens with one attached hydrogen (secondary N) is 3. The van der Waals surface area contributed by atoms with E-state index in [2.05, 4.69) is 16.0 Å². The van der Waals surface area contributed by atoms with E-state index in [1.165, 1.54) is 11.8 Å². The molecule has 0 saturated heterocycles. The van der Waals surface area contributed by atoms with Crippen molar-refractivity contribution in [2.75, 3.05) is 17.2 Å². The number of carbonyl (C=O) groups is 3. The fraction of sp³-hybridized carbons (Fsp3) is 0.250. The third-order valence-corrected chi connectivity index (χ3v) is 5.54. The Hall–Kier alpha value is -2.80. The van der Waals surface area contributed by atoms with E-state index in [-0.39, 0.29) is 30.7 Å². The van der Waals surface area contributed by atoms with Gasteiger partial charge in [0.1, 0.15) is 0 Å². The van der Waals surface area contributed by atoms with E-state index in [9.17, 15) is 14.4 Å². The second kappa shape index (κ2) is 8.26. The van der Waals surface area contributed by atoms with Crippen LogP contribution in [-0.2, 0) is 14.4 Å². The van der Waals surface area contributed by atoms with E-state index < -0.39 is 5.25 Å². The Kier molecular flexibility index (Phi) is 5.81. The normalized spacial score (nSPS) is 15.5. The molecule has 0 aromatic heterocycles. The quantitative estimate of drug-likeness (QED) is 0.741. The van der Waals surface area contributed by atoms with E-state index in [4.69, 9.17) is 0 Å². The number of hydrogen-bond donors (Lipinski definition) is 3. The summed E-state index contributed by atoms with van der Waals surface area (Å²) in [5.41, 5.74) is 3.44. The third kappa shape index (κ3) is 4.68. The van der Waals surface area contributed by atoms with Crippen LogP contribution in [0.4, 0.5) is 11.4 Å². The molecule has 2 aromatic rings. The molecule has 6 nitrogen and oxygen atoms in total. The first-order valence-corrected chi connectivity index (χ1v) is 9.51. The number of amides is 3. The average Bonchev–Trinajstić information content (AvgIpc) is 2.64. The maximum Gasteiger partial charge on any atom is 0.243 e. The minimum absolute atomic E-state index is 0.0154. The maximum atomic E-state index is 12.2. The summed E-state index contributed by atoms with van der Waals surface area (Å²) in [5.74, 6) is -0.834. The second-order valence-electron chi connectivity index (χ2n) is 6.39. The lowest BCUT2D eigenvalue weighted by Crippen LogP contribution is -2.38. The molecule has 3 amide bonds. The smallest absolute Gasteiger partial charge is 0.243 e. The van der Waals surface area contributed by atoms with Gasteiger partial charge in [-0.2, -0.15) is 0 Å². The van der Waals surface area contributed by atoms with Crippen molar-refractivity contribution >= 4 is 40.9 Å². The molecular formula is C20H21N3O3S. The summed E-state index contributed by atoms with van der Waals surface area (Å²) in [6, 6.07) is 13.2. The second-order valence-corrected chi connectivity index (χ2v) is 7.63. The number of carbonyl (C=O) groups excluding carboxylic acids is 3. The Morgan fingerprint density at radius 3 is 2.48 bits per heavy atom. The van der Waals surface area contributed by atoms with E-state index >= 15 is 0 Å².